The Morgan fingerprint density at radius 1 is 1.13 bits per heavy atom. The summed E-state index contributed by atoms with van der Waals surface area (Å²) in [7, 11) is -1.64. The van der Waals surface area contributed by atoms with Gasteiger partial charge in [-0.05, 0) is 43.2 Å². The lowest BCUT2D eigenvalue weighted by atomic mass is 10.1. The highest BCUT2D eigenvalue weighted by Crippen LogP contribution is 2.43. The summed E-state index contributed by atoms with van der Waals surface area (Å²) in [5.41, 5.74) is 2.48. The molecule has 30 heavy (non-hydrogen) atoms. The van der Waals surface area contributed by atoms with E-state index in [2.05, 4.69) is 9.71 Å². The fourth-order valence-corrected chi connectivity index (χ4v) is 3.43. The summed E-state index contributed by atoms with van der Waals surface area (Å²) in [4.78, 5) is 9.02. The number of ether oxygens (including phenoxy) is 2. The van der Waals surface area contributed by atoms with E-state index in [4.69, 9.17) is 18.9 Å². The average molecular weight is 429 g/mol. The normalized spacial score (nSPS) is 13.9. The second kappa shape index (κ2) is 8.45. The van der Waals surface area contributed by atoms with E-state index in [1.807, 2.05) is 30.3 Å². The van der Waals surface area contributed by atoms with E-state index in [1.165, 1.54) is 0 Å². The summed E-state index contributed by atoms with van der Waals surface area (Å²) >= 11 is 0. The lowest BCUT2D eigenvalue weighted by molar-refractivity contribution is 0.323. The molecule has 4 rings (SSSR count). The van der Waals surface area contributed by atoms with Crippen LogP contribution in [-0.4, -0.2) is 44.9 Å². The fraction of sp³-hybridized carbons (Fsp3) is 0.333. The molecule has 1 saturated carbocycles. The minimum Gasteiger partial charge on any atom is -0.492 e. The topological polar surface area (TPSA) is 104 Å². The van der Waals surface area contributed by atoms with Crippen LogP contribution in [0.2, 0.25) is 0 Å². The highest BCUT2D eigenvalue weighted by Gasteiger charge is 2.31. The molecule has 1 aliphatic rings. The molecule has 1 aliphatic carbocycles. The molecule has 0 amide bonds. The first-order valence-electron chi connectivity index (χ1n) is 9.62. The van der Waals surface area contributed by atoms with E-state index in [0.29, 0.717) is 23.3 Å². The van der Waals surface area contributed by atoms with Gasteiger partial charge in [-0.2, -0.15) is 0 Å². The van der Waals surface area contributed by atoms with Crippen LogP contribution in [0.1, 0.15) is 24.7 Å². The smallest absolute Gasteiger partial charge is 0.212 e. The third kappa shape index (κ3) is 4.98. The zero-order valence-corrected chi connectivity index (χ0v) is 17.6. The number of benzene rings is 1. The number of oxazole rings is 1. The van der Waals surface area contributed by atoms with Gasteiger partial charge in [0.05, 0.1) is 13.4 Å². The van der Waals surface area contributed by atoms with Gasteiger partial charge in [0.25, 0.3) is 0 Å². The second-order valence-corrected chi connectivity index (χ2v) is 8.97. The lowest BCUT2D eigenvalue weighted by Gasteiger charge is -2.07. The molecule has 0 bridgehead atoms. The third-order valence-electron chi connectivity index (χ3n) is 4.64. The number of aromatic nitrogens is 2. The highest BCUT2D eigenvalue weighted by molar-refractivity contribution is 7.88. The summed E-state index contributed by atoms with van der Waals surface area (Å²) in [5, 5.41) is 0. The minimum absolute atomic E-state index is 0.210. The number of nitrogens with zero attached hydrogens (tertiary/aromatic N) is 2. The highest BCUT2D eigenvalue weighted by atomic mass is 32.2. The Hall–Kier alpha value is -2.91. The van der Waals surface area contributed by atoms with E-state index in [1.54, 1.807) is 19.4 Å². The van der Waals surface area contributed by atoms with Gasteiger partial charge in [0.2, 0.25) is 15.9 Å². The third-order valence-corrected chi connectivity index (χ3v) is 5.37. The van der Waals surface area contributed by atoms with Crippen molar-refractivity contribution in [2.45, 2.75) is 18.8 Å². The SMILES string of the molecule is COc1ccc(-c2nc(C3CC3)oc2-c2ccc(OCCNS(C)(=O)=O)cc2)cn1. The first-order valence-corrected chi connectivity index (χ1v) is 11.5. The van der Waals surface area contributed by atoms with E-state index in [-0.39, 0.29) is 13.2 Å². The predicted octanol–water partition coefficient (Wildman–Crippen LogP) is 3.22. The number of rotatable bonds is 9. The quantitative estimate of drug-likeness (QED) is 0.521. The Labute approximate surface area is 175 Å². The molecule has 0 aliphatic heterocycles. The molecule has 9 heteroatoms. The van der Waals surface area contributed by atoms with Crippen LogP contribution >= 0.6 is 0 Å². The van der Waals surface area contributed by atoms with Crippen molar-refractivity contribution in [2.24, 2.45) is 0 Å². The molecule has 3 aromatic rings. The van der Waals surface area contributed by atoms with E-state index >= 15 is 0 Å². The molecule has 0 unspecified atom stereocenters. The van der Waals surface area contributed by atoms with Gasteiger partial charge in [0.1, 0.15) is 18.1 Å². The molecule has 1 fully saturated rings. The largest absolute Gasteiger partial charge is 0.492 e. The summed E-state index contributed by atoms with van der Waals surface area (Å²) in [6.45, 7) is 0.450. The maximum Gasteiger partial charge on any atom is 0.212 e. The zero-order valence-electron chi connectivity index (χ0n) is 16.8. The Kier molecular flexibility index (Phi) is 5.74. The zero-order chi connectivity index (χ0) is 21.1. The van der Waals surface area contributed by atoms with Crippen LogP contribution in [0.15, 0.2) is 47.0 Å². The molecule has 2 heterocycles. The van der Waals surface area contributed by atoms with Crippen molar-refractivity contribution < 1.29 is 22.3 Å². The monoisotopic (exact) mass is 429 g/mol. The molecule has 0 atom stereocenters. The molecule has 1 aromatic carbocycles. The van der Waals surface area contributed by atoms with Gasteiger partial charge >= 0.3 is 0 Å². The van der Waals surface area contributed by atoms with Crippen molar-refractivity contribution in [3.8, 4) is 34.2 Å². The van der Waals surface area contributed by atoms with Crippen molar-refractivity contribution in [1.29, 1.82) is 0 Å². The molecule has 1 N–H and O–H groups in total. The Morgan fingerprint density at radius 3 is 2.47 bits per heavy atom. The van der Waals surface area contributed by atoms with E-state index in [0.717, 1.165) is 41.8 Å². The minimum atomic E-state index is -3.22. The molecular weight excluding hydrogens is 406 g/mol. The van der Waals surface area contributed by atoms with Crippen molar-refractivity contribution in [3.63, 3.8) is 0 Å². The van der Waals surface area contributed by atoms with Gasteiger partial charge in [-0.1, -0.05) is 0 Å². The summed E-state index contributed by atoms with van der Waals surface area (Å²) < 4.78 is 41.4. The van der Waals surface area contributed by atoms with Crippen LogP contribution in [0.3, 0.4) is 0 Å². The summed E-state index contributed by atoms with van der Waals surface area (Å²) in [5.74, 6) is 3.01. The maximum absolute atomic E-state index is 11.1. The van der Waals surface area contributed by atoms with E-state index < -0.39 is 10.0 Å². The van der Waals surface area contributed by atoms with Gasteiger partial charge in [-0.25, -0.2) is 23.1 Å². The van der Waals surface area contributed by atoms with Crippen LogP contribution in [-0.2, 0) is 10.0 Å². The first kappa shape index (κ1) is 20.4. The molecule has 158 valence electrons. The number of pyridine rings is 1. The number of hydrogen-bond acceptors (Lipinski definition) is 7. The molecule has 0 radical (unpaired) electrons. The van der Waals surface area contributed by atoms with Gasteiger partial charge < -0.3 is 13.9 Å². The van der Waals surface area contributed by atoms with Gasteiger partial charge in [0, 0.05) is 35.9 Å². The van der Waals surface area contributed by atoms with E-state index in [9.17, 15) is 8.42 Å². The van der Waals surface area contributed by atoms with Crippen LogP contribution < -0.4 is 14.2 Å². The summed E-state index contributed by atoms with van der Waals surface area (Å²) in [6.07, 6.45) is 5.03. The van der Waals surface area contributed by atoms with Crippen LogP contribution in [0.25, 0.3) is 22.6 Å². The first-order chi connectivity index (χ1) is 14.4. The Morgan fingerprint density at radius 2 is 1.87 bits per heavy atom. The van der Waals surface area contributed by atoms with Crippen LogP contribution in [0.4, 0.5) is 0 Å². The molecule has 0 spiro atoms. The fourth-order valence-electron chi connectivity index (χ4n) is 2.97. The molecular formula is C21H23N3O5S. The van der Waals surface area contributed by atoms with Crippen LogP contribution in [0.5, 0.6) is 11.6 Å². The van der Waals surface area contributed by atoms with Crippen molar-refractivity contribution in [1.82, 2.24) is 14.7 Å². The van der Waals surface area contributed by atoms with Crippen LogP contribution in [0, 0.1) is 0 Å². The second-order valence-electron chi connectivity index (χ2n) is 7.13. The van der Waals surface area contributed by atoms with Gasteiger partial charge in [0.15, 0.2) is 11.7 Å². The van der Waals surface area contributed by atoms with Crippen molar-refractivity contribution >= 4 is 10.0 Å². The number of methoxy groups -OCH3 is 1. The molecule has 8 nitrogen and oxygen atoms in total. The standard InChI is InChI=1S/C21H23N3O5S/c1-27-18-10-7-16(13-22-18)19-20(29-21(24-19)15-3-4-15)14-5-8-17(9-6-14)28-12-11-23-30(2,25)26/h5-10,13,15,23H,3-4,11-12H2,1-2H3. The number of sulfonamides is 1. The Bertz CT molecular complexity index is 1100. The van der Waals surface area contributed by atoms with Crippen molar-refractivity contribution in [2.75, 3.05) is 26.5 Å². The molecule has 2 aromatic heterocycles. The van der Waals surface area contributed by atoms with Gasteiger partial charge in [-0.3, -0.25) is 0 Å². The summed E-state index contributed by atoms with van der Waals surface area (Å²) in [6, 6.07) is 11.2. The lowest BCUT2D eigenvalue weighted by Crippen LogP contribution is -2.26. The Balaban J connectivity index is 1.54. The van der Waals surface area contributed by atoms with Crippen molar-refractivity contribution in [3.05, 3.63) is 48.5 Å². The average Bonchev–Trinajstić information content (AvgIpc) is 3.50. The number of nitrogens with one attached hydrogen (secondary N) is 1. The predicted molar refractivity (Wildman–Crippen MR) is 112 cm³/mol. The number of hydrogen-bond donors (Lipinski definition) is 1. The van der Waals surface area contributed by atoms with Gasteiger partial charge in [-0.15, -0.1) is 0 Å². The maximum atomic E-state index is 11.1. The molecule has 0 saturated heterocycles.